The number of morpholine rings is 1. The standard InChI is InChI=1S/C26H29N5O4S/c32-26(30-12-14-35-15-13-30)23-22-18-36(33,34)25-21(9-4-10-27-25)24(22)31(28-23)20-8-5-11-29(17-20)16-19-6-2-1-3-7-19/h1-4,6-7,9-10,20H,5,8,11-18H2. The minimum atomic E-state index is -3.68. The Labute approximate surface area is 210 Å². The van der Waals surface area contributed by atoms with E-state index >= 15 is 0 Å². The average Bonchev–Trinajstić information content (AvgIpc) is 3.28. The Morgan fingerprint density at radius 3 is 2.67 bits per heavy atom. The van der Waals surface area contributed by atoms with Crippen LogP contribution in [0.15, 0.2) is 53.7 Å². The number of hydrogen-bond acceptors (Lipinski definition) is 7. The highest BCUT2D eigenvalue weighted by Gasteiger charge is 2.39. The molecular weight excluding hydrogens is 478 g/mol. The van der Waals surface area contributed by atoms with Gasteiger partial charge in [-0.05, 0) is 37.1 Å². The summed E-state index contributed by atoms with van der Waals surface area (Å²) in [5, 5.41) is 4.93. The summed E-state index contributed by atoms with van der Waals surface area (Å²) in [6.45, 7) is 4.48. The number of fused-ring (bicyclic) bond motifs is 3. The van der Waals surface area contributed by atoms with Crippen LogP contribution in [0.5, 0.6) is 0 Å². The lowest BCUT2D eigenvalue weighted by Crippen LogP contribution is -2.41. The predicted octanol–water partition coefficient (Wildman–Crippen LogP) is 2.54. The Morgan fingerprint density at radius 2 is 1.86 bits per heavy atom. The van der Waals surface area contributed by atoms with Crippen molar-refractivity contribution in [3.63, 3.8) is 0 Å². The van der Waals surface area contributed by atoms with Gasteiger partial charge in [-0.15, -0.1) is 0 Å². The van der Waals surface area contributed by atoms with Gasteiger partial charge in [0.1, 0.15) is 0 Å². The van der Waals surface area contributed by atoms with Crippen LogP contribution < -0.4 is 0 Å². The monoisotopic (exact) mass is 507 g/mol. The minimum Gasteiger partial charge on any atom is -0.378 e. The van der Waals surface area contributed by atoms with Crippen LogP contribution in [0.25, 0.3) is 11.3 Å². The molecule has 6 rings (SSSR count). The van der Waals surface area contributed by atoms with Crippen molar-refractivity contribution in [1.29, 1.82) is 0 Å². The summed E-state index contributed by atoms with van der Waals surface area (Å²) < 4.78 is 33.7. The van der Waals surface area contributed by atoms with Crippen LogP contribution in [-0.4, -0.2) is 78.3 Å². The van der Waals surface area contributed by atoms with Crippen molar-refractivity contribution in [3.8, 4) is 11.3 Å². The minimum absolute atomic E-state index is 0.0244. The lowest BCUT2D eigenvalue weighted by Gasteiger charge is -2.34. The topological polar surface area (TPSA) is 97.6 Å². The van der Waals surface area contributed by atoms with Crippen molar-refractivity contribution < 1.29 is 17.9 Å². The van der Waals surface area contributed by atoms with Gasteiger partial charge in [0.05, 0.1) is 30.7 Å². The van der Waals surface area contributed by atoms with Crippen LogP contribution in [0.3, 0.4) is 0 Å². The number of pyridine rings is 1. The van der Waals surface area contributed by atoms with Crippen LogP contribution in [0, 0.1) is 0 Å². The molecule has 10 heteroatoms. The van der Waals surface area contributed by atoms with Crippen LogP contribution in [0.1, 0.15) is 40.5 Å². The second-order valence-electron chi connectivity index (χ2n) is 9.66. The van der Waals surface area contributed by atoms with Crippen molar-refractivity contribution >= 4 is 15.7 Å². The molecule has 0 spiro atoms. The summed E-state index contributed by atoms with van der Waals surface area (Å²) in [5.74, 6) is -0.495. The largest absolute Gasteiger partial charge is 0.378 e. The molecule has 0 radical (unpaired) electrons. The zero-order valence-electron chi connectivity index (χ0n) is 20.0. The maximum Gasteiger partial charge on any atom is 0.274 e. The molecule has 3 aliphatic heterocycles. The molecule has 1 aromatic carbocycles. The van der Waals surface area contributed by atoms with Gasteiger partial charge in [0.15, 0.2) is 10.7 Å². The molecule has 1 unspecified atom stereocenters. The molecule has 2 fully saturated rings. The first kappa shape index (κ1) is 23.3. The highest BCUT2D eigenvalue weighted by atomic mass is 32.2. The van der Waals surface area contributed by atoms with Crippen LogP contribution >= 0.6 is 0 Å². The number of likely N-dealkylation sites (tertiary alicyclic amines) is 1. The molecule has 0 aliphatic carbocycles. The number of ether oxygens (including phenoxy) is 1. The van der Waals surface area contributed by atoms with Crippen molar-refractivity contribution in [2.75, 3.05) is 39.4 Å². The number of benzene rings is 1. The number of rotatable bonds is 4. The van der Waals surface area contributed by atoms with E-state index in [-0.39, 0.29) is 28.4 Å². The molecule has 2 saturated heterocycles. The van der Waals surface area contributed by atoms with Gasteiger partial charge >= 0.3 is 0 Å². The van der Waals surface area contributed by atoms with E-state index < -0.39 is 9.84 Å². The zero-order valence-corrected chi connectivity index (χ0v) is 20.9. The summed E-state index contributed by atoms with van der Waals surface area (Å²) in [4.78, 5) is 21.9. The lowest BCUT2D eigenvalue weighted by molar-refractivity contribution is 0.0297. The SMILES string of the molecule is O=C(c1nn(C2CCCN(Cc3ccccc3)C2)c2c1CS(=O)(=O)c1ncccc1-2)N1CCOCC1. The Bertz CT molecular complexity index is 1380. The molecule has 1 amide bonds. The maximum absolute atomic E-state index is 13.6. The van der Waals surface area contributed by atoms with E-state index in [0.717, 1.165) is 38.2 Å². The zero-order chi connectivity index (χ0) is 24.7. The summed E-state index contributed by atoms with van der Waals surface area (Å²) >= 11 is 0. The van der Waals surface area contributed by atoms with Gasteiger partial charge in [-0.3, -0.25) is 14.4 Å². The van der Waals surface area contributed by atoms with E-state index in [0.29, 0.717) is 37.4 Å². The summed E-state index contributed by atoms with van der Waals surface area (Å²) in [6, 6.07) is 13.9. The van der Waals surface area contributed by atoms with Gasteiger partial charge in [0.25, 0.3) is 5.91 Å². The highest BCUT2D eigenvalue weighted by Crippen LogP contribution is 2.41. The number of nitrogens with zero attached hydrogens (tertiary/aromatic N) is 5. The Kier molecular flexibility index (Phi) is 6.10. The molecule has 3 aliphatic rings. The number of carbonyl (C=O) groups excluding carboxylic acids is 1. The lowest BCUT2D eigenvalue weighted by atomic mass is 10.0. The number of sulfone groups is 1. The average molecular weight is 508 g/mol. The number of aromatic nitrogens is 3. The number of carbonyl (C=O) groups is 1. The van der Waals surface area contributed by atoms with Crippen LogP contribution in [0.2, 0.25) is 0 Å². The first-order valence-electron chi connectivity index (χ1n) is 12.4. The van der Waals surface area contributed by atoms with Crippen molar-refractivity contribution in [2.24, 2.45) is 0 Å². The quantitative estimate of drug-likeness (QED) is 0.535. The number of piperidine rings is 1. The highest BCUT2D eigenvalue weighted by molar-refractivity contribution is 7.90. The van der Waals surface area contributed by atoms with Crippen LogP contribution in [-0.2, 0) is 26.9 Å². The van der Waals surface area contributed by atoms with Gasteiger partial charge in [0.2, 0.25) is 9.84 Å². The van der Waals surface area contributed by atoms with E-state index in [1.54, 1.807) is 17.0 Å². The van der Waals surface area contributed by atoms with E-state index in [2.05, 4.69) is 34.1 Å². The molecule has 0 saturated carbocycles. The molecule has 3 aromatic rings. The van der Waals surface area contributed by atoms with E-state index in [4.69, 9.17) is 9.84 Å². The van der Waals surface area contributed by atoms with Crippen molar-refractivity contribution in [2.45, 2.75) is 36.2 Å². The predicted molar refractivity (Wildman–Crippen MR) is 133 cm³/mol. The molecule has 0 bridgehead atoms. The molecule has 188 valence electrons. The van der Waals surface area contributed by atoms with Crippen molar-refractivity contribution in [1.82, 2.24) is 24.6 Å². The normalized spacial score (nSPS) is 21.6. The molecule has 9 nitrogen and oxygen atoms in total. The molecule has 2 aromatic heterocycles. The summed E-state index contributed by atoms with van der Waals surface area (Å²) in [6.07, 6.45) is 3.41. The Hall–Kier alpha value is -3.08. The Morgan fingerprint density at radius 1 is 1.06 bits per heavy atom. The third-order valence-electron chi connectivity index (χ3n) is 7.24. The first-order valence-corrected chi connectivity index (χ1v) is 14.1. The van der Waals surface area contributed by atoms with Gasteiger partial charge in [-0.25, -0.2) is 13.4 Å². The van der Waals surface area contributed by atoms with E-state index in [9.17, 15) is 13.2 Å². The fourth-order valence-corrected chi connectivity index (χ4v) is 7.05. The molecule has 1 atom stereocenters. The smallest absolute Gasteiger partial charge is 0.274 e. The maximum atomic E-state index is 13.6. The van der Waals surface area contributed by atoms with Crippen LogP contribution in [0.4, 0.5) is 0 Å². The summed E-state index contributed by atoms with van der Waals surface area (Å²) in [7, 11) is -3.68. The van der Waals surface area contributed by atoms with Gasteiger partial charge in [-0.1, -0.05) is 30.3 Å². The number of hydrogen-bond donors (Lipinski definition) is 0. The van der Waals surface area contributed by atoms with E-state index in [1.165, 1.54) is 11.8 Å². The molecule has 0 N–H and O–H groups in total. The van der Waals surface area contributed by atoms with Gasteiger partial charge < -0.3 is 9.64 Å². The molecular formula is C26H29N5O4S. The third-order valence-corrected chi connectivity index (χ3v) is 8.82. The second kappa shape index (κ2) is 9.42. The van der Waals surface area contributed by atoms with Crippen molar-refractivity contribution in [3.05, 3.63) is 65.5 Å². The third kappa shape index (κ3) is 4.23. The van der Waals surface area contributed by atoms with E-state index in [1.807, 2.05) is 10.7 Å². The second-order valence-corrected chi connectivity index (χ2v) is 11.6. The molecule has 5 heterocycles. The Balaban J connectivity index is 1.41. The fourth-order valence-electron chi connectivity index (χ4n) is 5.54. The summed E-state index contributed by atoms with van der Waals surface area (Å²) in [5.41, 5.74) is 3.24. The number of amides is 1. The van der Waals surface area contributed by atoms with Gasteiger partial charge in [0, 0.05) is 43.5 Å². The van der Waals surface area contributed by atoms with Gasteiger partial charge in [-0.2, -0.15) is 5.10 Å². The fraction of sp³-hybridized carbons (Fsp3) is 0.423. The first-order chi connectivity index (χ1) is 17.5. The molecule has 36 heavy (non-hydrogen) atoms.